The lowest BCUT2D eigenvalue weighted by Gasteiger charge is -2.49. The van der Waals surface area contributed by atoms with E-state index in [0.717, 1.165) is 39.1 Å². The fourth-order valence-electron chi connectivity index (χ4n) is 5.47. The number of amides is 2. The smallest absolute Gasteiger partial charge is 0.409 e. The van der Waals surface area contributed by atoms with E-state index in [4.69, 9.17) is 4.74 Å². The molecule has 1 unspecified atom stereocenters. The minimum absolute atomic E-state index is 0.147. The van der Waals surface area contributed by atoms with Crippen LogP contribution in [0.25, 0.3) is 0 Å². The highest BCUT2D eigenvalue weighted by atomic mass is 16.6. The topological polar surface area (TPSA) is 53.1 Å². The second kappa shape index (κ2) is 6.15. The van der Waals surface area contributed by atoms with Gasteiger partial charge in [-0.15, -0.1) is 0 Å². The molecule has 1 spiro atoms. The largest absolute Gasteiger partial charge is 0.450 e. The second-order valence-electron chi connectivity index (χ2n) is 8.59. The summed E-state index contributed by atoms with van der Waals surface area (Å²) in [6.45, 7) is 9.06. The minimum Gasteiger partial charge on any atom is -0.450 e. The maximum absolute atomic E-state index is 12.3. The van der Waals surface area contributed by atoms with E-state index in [1.54, 1.807) is 0 Å². The third-order valence-corrected chi connectivity index (χ3v) is 7.18. The molecular weight excluding hydrogens is 318 g/mol. The molecule has 2 aliphatic heterocycles. The first-order chi connectivity index (χ1) is 12.0. The van der Waals surface area contributed by atoms with Gasteiger partial charge in [-0.1, -0.05) is 0 Å². The number of hydrogen-bond donors (Lipinski definition) is 0. The lowest BCUT2D eigenvalue weighted by molar-refractivity contribution is -0.132. The van der Waals surface area contributed by atoms with Crippen molar-refractivity contribution in [1.82, 2.24) is 14.7 Å². The van der Waals surface area contributed by atoms with E-state index < -0.39 is 0 Å². The molecule has 6 heteroatoms. The molecule has 0 aromatic rings. The highest BCUT2D eigenvalue weighted by Crippen LogP contribution is 2.57. The van der Waals surface area contributed by atoms with Crippen molar-refractivity contribution in [2.75, 3.05) is 46.4 Å². The summed E-state index contributed by atoms with van der Waals surface area (Å²) in [6, 6.07) is 0.662. The number of rotatable bonds is 4. The molecule has 2 saturated carbocycles. The fraction of sp³-hybridized carbons (Fsp3) is 0.895. The van der Waals surface area contributed by atoms with Crippen LogP contribution in [0.5, 0.6) is 0 Å². The number of ether oxygens (including phenoxy) is 1. The summed E-state index contributed by atoms with van der Waals surface area (Å²) in [7, 11) is 1.92. The Kier molecular flexibility index (Phi) is 4.21. The number of carbonyl (C=O) groups is 2. The Balaban J connectivity index is 1.23. The average molecular weight is 349 g/mol. The molecule has 25 heavy (non-hydrogen) atoms. The Morgan fingerprint density at radius 2 is 1.88 bits per heavy atom. The molecule has 4 rings (SSSR count). The number of carbonyl (C=O) groups excluding carboxylic acids is 2. The van der Waals surface area contributed by atoms with Gasteiger partial charge < -0.3 is 14.5 Å². The molecule has 140 valence electrons. The molecule has 2 saturated heterocycles. The van der Waals surface area contributed by atoms with Crippen molar-refractivity contribution in [3.8, 4) is 0 Å². The molecule has 2 aliphatic carbocycles. The van der Waals surface area contributed by atoms with Crippen LogP contribution in [0.4, 0.5) is 4.79 Å². The zero-order valence-corrected chi connectivity index (χ0v) is 15.7. The van der Waals surface area contributed by atoms with E-state index in [-0.39, 0.29) is 6.09 Å². The van der Waals surface area contributed by atoms with Gasteiger partial charge in [0.1, 0.15) is 0 Å². The summed E-state index contributed by atoms with van der Waals surface area (Å²) in [6.07, 6.45) is 3.38. The highest BCUT2D eigenvalue weighted by Gasteiger charge is 2.62. The molecule has 0 bridgehead atoms. The zero-order chi connectivity index (χ0) is 17.8. The first kappa shape index (κ1) is 17.1. The summed E-state index contributed by atoms with van der Waals surface area (Å²) >= 11 is 0. The van der Waals surface area contributed by atoms with Gasteiger partial charge in [0.05, 0.1) is 6.61 Å². The minimum atomic E-state index is -0.147. The Bertz CT molecular complexity index is 548. The van der Waals surface area contributed by atoms with Crippen LogP contribution in [-0.2, 0) is 9.53 Å². The van der Waals surface area contributed by atoms with Crippen LogP contribution in [0, 0.1) is 23.2 Å². The zero-order valence-electron chi connectivity index (χ0n) is 15.7. The standard InChI is InChI=1S/C19H31N3O3/c1-4-20(3)17(23)16-14-10-22(11-15(14)16)13-8-19(9-13)6-7-21(12-19)18(24)25-5-2/h13-16H,4-12H2,1-3H3/t13?,14-,15+,16?,19?. The molecule has 6 nitrogen and oxygen atoms in total. The third kappa shape index (κ3) is 2.82. The molecule has 2 amide bonds. The van der Waals surface area contributed by atoms with Crippen LogP contribution in [0.15, 0.2) is 0 Å². The van der Waals surface area contributed by atoms with Gasteiger partial charge in [-0.2, -0.15) is 0 Å². The molecule has 0 N–H and O–H groups in total. The van der Waals surface area contributed by atoms with E-state index in [1.165, 1.54) is 12.8 Å². The van der Waals surface area contributed by atoms with Gasteiger partial charge in [-0.05, 0) is 50.4 Å². The maximum atomic E-state index is 12.3. The molecule has 0 aromatic carbocycles. The summed E-state index contributed by atoms with van der Waals surface area (Å²) in [5.74, 6) is 1.83. The average Bonchev–Trinajstić information content (AvgIpc) is 2.94. The van der Waals surface area contributed by atoms with Gasteiger partial charge in [-0.25, -0.2) is 4.79 Å². The van der Waals surface area contributed by atoms with Gasteiger partial charge in [0.15, 0.2) is 0 Å². The lowest BCUT2D eigenvalue weighted by atomic mass is 9.64. The van der Waals surface area contributed by atoms with Crippen molar-refractivity contribution in [3.63, 3.8) is 0 Å². The van der Waals surface area contributed by atoms with E-state index in [0.29, 0.717) is 41.7 Å². The number of likely N-dealkylation sites (tertiary alicyclic amines) is 2. The Morgan fingerprint density at radius 1 is 1.20 bits per heavy atom. The van der Waals surface area contributed by atoms with Crippen LogP contribution in [0.1, 0.15) is 33.1 Å². The normalized spacial score (nSPS) is 39.2. The number of fused-ring (bicyclic) bond motifs is 1. The summed E-state index contributed by atoms with van der Waals surface area (Å²) in [5, 5.41) is 0. The monoisotopic (exact) mass is 349 g/mol. The Morgan fingerprint density at radius 3 is 2.48 bits per heavy atom. The van der Waals surface area contributed by atoms with Gasteiger partial charge in [0.25, 0.3) is 0 Å². The summed E-state index contributed by atoms with van der Waals surface area (Å²) in [4.78, 5) is 30.6. The summed E-state index contributed by atoms with van der Waals surface area (Å²) in [5.41, 5.74) is 0.335. The number of hydrogen-bond acceptors (Lipinski definition) is 4. The molecule has 2 heterocycles. The molecule has 3 atom stereocenters. The molecule has 0 aromatic heterocycles. The van der Waals surface area contributed by atoms with Crippen LogP contribution in [0.2, 0.25) is 0 Å². The van der Waals surface area contributed by atoms with Gasteiger partial charge >= 0.3 is 6.09 Å². The van der Waals surface area contributed by atoms with Gasteiger partial charge in [-0.3, -0.25) is 9.69 Å². The van der Waals surface area contributed by atoms with Crippen molar-refractivity contribution in [2.45, 2.75) is 39.2 Å². The highest BCUT2D eigenvalue weighted by molar-refractivity contribution is 5.82. The van der Waals surface area contributed by atoms with Crippen LogP contribution in [0.3, 0.4) is 0 Å². The Hall–Kier alpha value is -1.30. The first-order valence-electron chi connectivity index (χ1n) is 9.88. The van der Waals surface area contributed by atoms with Gasteiger partial charge in [0, 0.05) is 51.7 Å². The predicted octanol–water partition coefficient (Wildman–Crippen LogP) is 1.65. The third-order valence-electron chi connectivity index (χ3n) is 7.18. The SMILES string of the molecule is CCOC(=O)N1CCC2(CC(N3C[C@@H]4C(C(=O)N(C)CC)[C@@H]4C3)C2)C1. The molecule has 0 radical (unpaired) electrons. The lowest BCUT2D eigenvalue weighted by Crippen LogP contribution is -2.52. The van der Waals surface area contributed by atoms with Crippen molar-refractivity contribution in [2.24, 2.45) is 23.2 Å². The predicted molar refractivity (Wildman–Crippen MR) is 94.0 cm³/mol. The van der Waals surface area contributed by atoms with Crippen molar-refractivity contribution >= 4 is 12.0 Å². The van der Waals surface area contributed by atoms with Crippen LogP contribution in [-0.4, -0.2) is 79.1 Å². The van der Waals surface area contributed by atoms with Crippen molar-refractivity contribution in [3.05, 3.63) is 0 Å². The van der Waals surface area contributed by atoms with E-state index in [1.807, 2.05) is 30.7 Å². The molecule has 4 fully saturated rings. The fourth-order valence-corrected chi connectivity index (χ4v) is 5.47. The van der Waals surface area contributed by atoms with E-state index in [9.17, 15) is 9.59 Å². The van der Waals surface area contributed by atoms with Crippen LogP contribution < -0.4 is 0 Å². The van der Waals surface area contributed by atoms with E-state index in [2.05, 4.69) is 4.90 Å². The van der Waals surface area contributed by atoms with Crippen molar-refractivity contribution < 1.29 is 14.3 Å². The number of nitrogens with zero attached hydrogens (tertiary/aromatic N) is 3. The van der Waals surface area contributed by atoms with E-state index >= 15 is 0 Å². The van der Waals surface area contributed by atoms with Crippen molar-refractivity contribution in [1.29, 1.82) is 0 Å². The molecule has 4 aliphatic rings. The van der Waals surface area contributed by atoms with Crippen LogP contribution >= 0.6 is 0 Å². The first-order valence-corrected chi connectivity index (χ1v) is 9.88. The second-order valence-corrected chi connectivity index (χ2v) is 8.59. The van der Waals surface area contributed by atoms with Gasteiger partial charge in [0.2, 0.25) is 5.91 Å². The number of piperidine rings is 1. The maximum Gasteiger partial charge on any atom is 0.409 e. The molecular formula is C19H31N3O3. The Labute approximate surface area is 150 Å². The quantitative estimate of drug-likeness (QED) is 0.774. The summed E-state index contributed by atoms with van der Waals surface area (Å²) < 4.78 is 5.14.